The zero-order valence-corrected chi connectivity index (χ0v) is 16.4. The lowest BCUT2D eigenvalue weighted by Gasteiger charge is -2.24. The third-order valence-electron chi connectivity index (χ3n) is 4.16. The summed E-state index contributed by atoms with van der Waals surface area (Å²) in [5, 5.41) is 2.75. The fourth-order valence-corrected chi connectivity index (χ4v) is 3.61. The summed E-state index contributed by atoms with van der Waals surface area (Å²) in [6.07, 6.45) is 0.898. The smallest absolute Gasteiger partial charge is 0.241 e. The first-order valence-corrected chi connectivity index (χ1v) is 10.1. The second-order valence-corrected chi connectivity index (χ2v) is 8.42. The molecule has 146 valence electrons. The Morgan fingerprint density at radius 2 is 1.78 bits per heavy atom. The highest BCUT2D eigenvalue weighted by Gasteiger charge is 2.23. The fraction of sp³-hybridized carbons (Fsp3) is 0.316. The van der Waals surface area contributed by atoms with Crippen molar-refractivity contribution < 1.29 is 22.0 Å². The van der Waals surface area contributed by atoms with Gasteiger partial charge in [0, 0.05) is 6.07 Å². The number of amides is 1. The van der Waals surface area contributed by atoms with Gasteiger partial charge in [-0.05, 0) is 44.0 Å². The van der Waals surface area contributed by atoms with Crippen LogP contribution >= 0.6 is 0 Å². The molecular formula is C19H22F2N2O3S. The molecule has 0 unspecified atom stereocenters. The molecule has 0 aromatic heterocycles. The average molecular weight is 396 g/mol. The zero-order valence-electron chi connectivity index (χ0n) is 15.6. The van der Waals surface area contributed by atoms with Crippen molar-refractivity contribution in [3.05, 3.63) is 64.7 Å². The van der Waals surface area contributed by atoms with Gasteiger partial charge in [0.15, 0.2) is 11.6 Å². The van der Waals surface area contributed by atoms with Crippen LogP contribution in [-0.4, -0.2) is 27.1 Å². The zero-order chi connectivity index (χ0) is 20.4. The van der Waals surface area contributed by atoms with Gasteiger partial charge < -0.3 is 5.32 Å². The van der Waals surface area contributed by atoms with Gasteiger partial charge in [0.25, 0.3) is 0 Å². The van der Waals surface area contributed by atoms with E-state index in [1.165, 1.54) is 0 Å². The minimum Gasteiger partial charge on any atom is -0.348 e. The van der Waals surface area contributed by atoms with E-state index in [4.69, 9.17) is 0 Å². The summed E-state index contributed by atoms with van der Waals surface area (Å²) < 4.78 is 51.4. The largest absolute Gasteiger partial charge is 0.348 e. The normalized spacial score (nSPS) is 12.5. The van der Waals surface area contributed by atoms with Crippen molar-refractivity contribution in [3.8, 4) is 0 Å². The molecule has 0 saturated carbocycles. The standard InChI is InChI=1S/C19H22F2N2O3S/c1-12-5-6-13(2)16(9-12)14(3)22-19(24)11-23(27(4,25)26)15-7-8-17(20)18(21)10-15/h5-10,14H,11H2,1-4H3,(H,22,24)/t14-/m1/s1. The predicted octanol–water partition coefficient (Wildman–Crippen LogP) is 3.23. The third kappa shape index (κ3) is 5.26. The summed E-state index contributed by atoms with van der Waals surface area (Å²) >= 11 is 0. The van der Waals surface area contributed by atoms with E-state index in [1.54, 1.807) is 6.92 Å². The fourth-order valence-electron chi connectivity index (χ4n) is 2.76. The Kier molecular flexibility index (Phi) is 6.20. The summed E-state index contributed by atoms with van der Waals surface area (Å²) in [5.74, 6) is -2.84. The number of nitrogens with one attached hydrogen (secondary N) is 1. The Bertz CT molecular complexity index is 961. The van der Waals surface area contributed by atoms with Crippen LogP contribution in [0.2, 0.25) is 0 Å². The van der Waals surface area contributed by atoms with E-state index in [9.17, 15) is 22.0 Å². The molecule has 0 radical (unpaired) electrons. The number of halogens is 2. The van der Waals surface area contributed by atoms with Gasteiger partial charge in [-0.3, -0.25) is 9.10 Å². The lowest BCUT2D eigenvalue weighted by atomic mass is 10.00. The average Bonchev–Trinajstić information content (AvgIpc) is 2.56. The lowest BCUT2D eigenvalue weighted by Crippen LogP contribution is -2.41. The summed E-state index contributed by atoms with van der Waals surface area (Å²) in [5.41, 5.74) is 2.83. The second-order valence-electron chi connectivity index (χ2n) is 6.52. The maximum absolute atomic E-state index is 13.5. The van der Waals surface area contributed by atoms with Crippen LogP contribution in [0.5, 0.6) is 0 Å². The molecule has 2 aromatic rings. The summed E-state index contributed by atoms with van der Waals surface area (Å²) in [7, 11) is -3.87. The number of carbonyl (C=O) groups excluding carboxylic acids is 1. The van der Waals surface area contributed by atoms with E-state index >= 15 is 0 Å². The molecule has 0 aliphatic carbocycles. The van der Waals surface area contributed by atoms with E-state index in [1.807, 2.05) is 32.0 Å². The number of rotatable bonds is 6. The third-order valence-corrected chi connectivity index (χ3v) is 5.30. The van der Waals surface area contributed by atoms with Gasteiger partial charge in [0.05, 0.1) is 18.0 Å². The van der Waals surface area contributed by atoms with Gasteiger partial charge in [0.2, 0.25) is 15.9 Å². The van der Waals surface area contributed by atoms with Gasteiger partial charge >= 0.3 is 0 Å². The van der Waals surface area contributed by atoms with E-state index in [0.717, 1.165) is 45.5 Å². The second kappa shape index (κ2) is 8.04. The van der Waals surface area contributed by atoms with Crippen molar-refractivity contribution in [2.45, 2.75) is 26.8 Å². The molecule has 0 spiro atoms. The molecular weight excluding hydrogens is 374 g/mol. The Morgan fingerprint density at radius 3 is 2.37 bits per heavy atom. The van der Waals surface area contributed by atoms with Crippen molar-refractivity contribution in [1.29, 1.82) is 0 Å². The SMILES string of the molecule is Cc1ccc(C)c([C@@H](C)NC(=O)CN(c2ccc(F)c(F)c2)S(C)(=O)=O)c1. The van der Waals surface area contributed by atoms with Crippen LogP contribution in [-0.2, 0) is 14.8 Å². The van der Waals surface area contributed by atoms with Crippen LogP contribution < -0.4 is 9.62 Å². The van der Waals surface area contributed by atoms with E-state index < -0.39 is 34.1 Å². The summed E-state index contributed by atoms with van der Waals surface area (Å²) in [6, 6.07) is 8.19. The highest BCUT2D eigenvalue weighted by molar-refractivity contribution is 7.92. The van der Waals surface area contributed by atoms with Gasteiger partial charge in [-0.25, -0.2) is 17.2 Å². The number of anilines is 1. The van der Waals surface area contributed by atoms with Crippen molar-refractivity contribution in [1.82, 2.24) is 5.32 Å². The van der Waals surface area contributed by atoms with E-state index in [0.29, 0.717) is 0 Å². The Morgan fingerprint density at radius 1 is 1.11 bits per heavy atom. The van der Waals surface area contributed by atoms with Crippen LogP contribution in [0.3, 0.4) is 0 Å². The molecule has 1 amide bonds. The van der Waals surface area contributed by atoms with Crippen LogP contribution in [0.25, 0.3) is 0 Å². The number of sulfonamides is 1. The number of hydrogen-bond donors (Lipinski definition) is 1. The monoisotopic (exact) mass is 396 g/mol. The predicted molar refractivity (Wildman–Crippen MR) is 101 cm³/mol. The summed E-state index contributed by atoms with van der Waals surface area (Å²) in [6.45, 7) is 5.11. The molecule has 2 rings (SSSR count). The molecule has 0 heterocycles. The molecule has 1 atom stereocenters. The Balaban J connectivity index is 2.21. The van der Waals surface area contributed by atoms with Crippen LogP contribution in [0.1, 0.15) is 29.7 Å². The first-order chi connectivity index (χ1) is 12.5. The van der Waals surface area contributed by atoms with Crippen LogP contribution in [0.15, 0.2) is 36.4 Å². The molecule has 2 aromatic carbocycles. The summed E-state index contributed by atoms with van der Waals surface area (Å²) in [4.78, 5) is 12.4. The highest BCUT2D eigenvalue weighted by atomic mass is 32.2. The number of carbonyl (C=O) groups is 1. The Hall–Kier alpha value is -2.48. The maximum Gasteiger partial charge on any atom is 0.241 e. The minimum atomic E-state index is -3.87. The van der Waals surface area contributed by atoms with Gasteiger partial charge in [0.1, 0.15) is 6.54 Å². The highest BCUT2D eigenvalue weighted by Crippen LogP contribution is 2.22. The molecule has 27 heavy (non-hydrogen) atoms. The quantitative estimate of drug-likeness (QED) is 0.815. The lowest BCUT2D eigenvalue weighted by molar-refractivity contribution is -0.120. The molecule has 0 bridgehead atoms. The first kappa shape index (κ1) is 20.8. The topological polar surface area (TPSA) is 66.5 Å². The molecule has 0 aliphatic rings. The number of benzene rings is 2. The van der Waals surface area contributed by atoms with Gasteiger partial charge in [-0.15, -0.1) is 0 Å². The number of nitrogens with zero attached hydrogens (tertiary/aromatic N) is 1. The van der Waals surface area contributed by atoms with Crippen LogP contribution in [0, 0.1) is 25.5 Å². The molecule has 8 heteroatoms. The molecule has 1 N–H and O–H groups in total. The van der Waals surface area contributed by atoms with E-state index in [-0.39, 0.29) is 11.7 Å². The van der Waals surface area contributed by atoms with Crippen molar-refractivity contribution in [2.75, 3.05) is 17.1 Å². The maximum atomic E-state index is 13.5. The molecule has 0 fully saturated rings. The molecule has 5 nitrogen and oxygen atoms in total. The van der Waals surface area contributed by atoms with Crippen LogP contribution in [0.4, 0.5) is 14.5 Å². The van der Waals surface area contributed by atoms with E-state index in [2.05, 4.69) is 5.32 Å². The number of aryl methyl sites for hydroxylation is 2. The molecule has 0 aliphatic heterocycles. The van der Waals surface area contributed by atoms with Gasteiger partial charge in [-0.2, -0.15) is 0 Å². The number of hydrogen-bond acceptors (Lipinski definition) is 3. The first-order valence-electron chi connectivity index (χ1n) is 8.28. The van der Waals surface area contributed by atoms with Crippen molar-refractivity contribution in [3.63, 3.8) is 0 Å². The van der Waals surface area contributed by atoms with Crippen molar-refractivity contribution >= 4 is 21.6 Å². The Labute approximate surface area is 158 Å². The van der Waals surface area contributed by atoms with Gasteiger partial charge in [-0.1, -0.05) is 23.8 Å². The molecule has 0 saturated heterocycles. The van der Waals surface area contributed by atoms with Crippen molar-refractivity contribution in [2.24, 2.45) is 0 Å². The minimum absolute atomic E-state index is 0.120.